The van der Waals surface area contributed by atoms with Crippen molar-refractivity contribution in [2.24, 2.45) is 5.41 Å². The van der Waals surface area contributed by atoms with E-state index in [4.69, 9.17) is 18.9 Å². The molecule has 6 rings (SSSR count). The number of carbonyl (C=O) groups excluding carboxylic acids is 1. The third-order valence-corrected chi connectivity index (χ3v) is 11.6. The summed E-state index contributed by atoms with van der Waals surface area (Å²) in [5.41, 5.74) is 0.0445. The van der Waals surface area contributed by atoms with E-state index in [0.29, 0.717) is 31.3 Å². The lowest BCUT2D eigenvalue weighted by Gasteiger charge is -2.40. The standard InChI is InChI=1S/C32H27I2O5Si/c1-2-32(19-37-20-32)18-36-17-31(35)39-25-7-5-23(6-8-25)38-24-9-11-26(12-10-24)40-29-13-3-21(33)15-27(29)28-16-22(34)4-14-30(28)40/h3-16H,2,17-20H2,1H3/q-1. The third kappa shape index (κ3) is 5.87. The van der Waals surface area contributed by atoms with Gasteiger partial charge in [0.1, 0.15) is 23.9 Å². The molecule has 0 spiro atoms. The highest BCUT2D eigenvalue weighted by atomic mass is 127. The molecule has 0 aliphatic carbocycles. The maximum atomic E-state index is 12.2. The molecule has 0 amide bonds. The van der Waals surface area contributed by atoms with Crippen LogP contribution in [0.25, 0.3) is 26.0 Å². The fraction of sp³-hybridized carbons (Fsp3) is 0.219. The van der Waals surface area contributed by atoms with E-state index < -0.39 is 14.4 Å². The normalized spacial score (nSPS) is 14.3. The van der Waals surface area contributed by atoms with Crippen LogP contribution in [0.1, 0.15) is 13.3 Å². The first-order chi connectivity index (χ1) is 19.4. The number of esters is 1. The summed E-state index contributed by atoms with van der Waals surface area (Å²) in [7, 11) is -1.08. The highest BCUT2D eigenvalue weighted by molar-refractivity contribution is 14.1. The van der Waals surface area contributed by atoms with Crippen molar-refractivity contribution < 1.29 is 23.7 Å². The van der Waals surface area contributed by atoms with Crippen LogP contribution in [0, 0.1) is 12.6 Å². The molecule has 1 aliphatic heterocycles. The summed E-state index contributed by atoms with van der Waals surface area (Å²) in [6.45, 7) is 3.91. The summed E-state index contributed by atoms with van der Waals surface area (Å²) in [5.74, 6) is 1.48. The van der Waals surface area contributed by atoms with Crippen LogP contribution in [0.5, 0.6) is 17.2 Å². The Bertz CT molecular complexity index is 1610. The van der Waals surface area contributed by atoms with E-state index in [9.17, 15) is 4.79 Å². The lowest BCUT2D eigenvalue weighted by molar-refractivity contribution is -0.160. The van der Waals surface area contributed by atoms with E-state index in [1.165, 1.54) is 33.1 Å². The Morgan fingerprint density at radius 3 is 1.90 bits per heavy atom. The van der Waals surface area contributed by atoms with E-state index in [1.54, 1.807) is 24.3 Å². The van der Waals surface area contributed by atoms with Gasteiger partial charge in [-0.1, -0.05) is 43.3 Å². The molecule has 0 atom stereocenters. The molecule has 40 heavy (non-hydrogen) atoms. The molecule has 2 heterocycles. The Morgan fingerprint density at radius 2 is 1.38 bits per heavy atom. The first kappa shape index (κ1) is 27.9. The lowest BCUT2D eigenvalue weighted by Crippen LogP contribution is -2.46. The molecular formula is C32H27I2O5Si-. The number of rotatable bonds is 9. The van der Waals surface area contributed by atoms with Crippen LogP contribution in [-0.4, -0.2) is 40.8 Å². The average Bonchev–Trinajstić information content (AvgIpc) is 3.24. The van der Waals surface area contributed by atoms with Crippen molar-refractivity contribution in [1.82, 2.24) is 0 Å². The number of hydrogen-bond donors (Lipinski definition) is 0. The zero-order valence-corrected chi connectivity index (χ0v) is 27.2. The van der Waals surface area contributed by atoms with Gasteiger partial charge in [-0.15, -0.1) is 0 Å². The highest BCUT2D eigenvalue weighted by Crippen LogP contribution is 2.34. The Kier molecular flexibility index (Phi) is 8.32. The van der Waals surface area contributed by atoms with Gasteiger partial charge in [-0.3, -0.25) is 0 Å². The lowest BCUT2D eigenvalue weighted by atomic mass is 9.84. The summed E-state index contributed by atoms with van der Waals surface area (Å²) in [6, 6.07) is 29.1. The Balaban J connectivity index is 1.12. The molecular weight excluding hydrogens is 746 g/mol. The SMILES string of the molecule is CCC1(COCC(=O)Oc2ccc(Oc3ccc(-[si-]4c5ccc(I)cc5c5cc(I)ccc54)cc3)cc2)COC1. The Morgan fingerprint density at radius 1 is 0.825 bits per heavy atom. The molecule has 1 aromatic heterocycles. The summed E-state index contributed by atoms with van der Waals surface area (Å²) < 4.78 is 24.9. The van der Waals surface area contributed by atoms with Gasteiger partial charge in [0, 0.05) is 12.6 Å². The minimum atomic E-state index is -1.08. The van der Waals surface area contributed by atoms with Crippen LogP contribution in [0.2, 0.25) is 0 Å². The zero-order chi connectivity index (χ0) is 27.7. The largest absolute Gasteiger partial charge is 0.457 e. The molecule has 5 aromatic rings. The number of halogens is 2. The van der Waals surface area contributed by atoms with Crippen LogP contribution in [0.3, 0.4) is 0 Å². The van der Waals surface area contributed by atoms with Gasteiger partial charge >= 0.3 is 5.97 Å². The summed E-state index contributed by atoms with van der Waals surface area (Å²) >= 11 is 4.79. The summed E-state index contributed by atoms with van der Waals surface area (Å²) in [5, 5.41) is 4.05. The van der Waals surface area contributed by atoms with E-state index in [2.05, 4.69) is 101 Å². The first-order valence-electron chi connectivity index (χ1n) is 13.1. The molecule has 1 aliphatic rings. The van der Waals surface area contributed by atoms with Crippen molar-refractivity contribution >= 4 is 80.3 Å². The van der Waals surface area contributed by atoms with Gasteiger partial charge in [0.2, 0.25) is 0 Å². The molecule has 4 aromatic carbocycles. The van der Waals surface area contributed by atoms with Crippen molar-refractivity contribution in [3.63, 3.8) is 0 Å². The fourth-order valence-corrected chi connectivity index (χ4v) is 8.91. The van der Waals surface area contributed by atoms with Crippen molar-refractivity contribution in [1.29, 1.82) is 0 Å². The quantitative estimate of drug-likeness (QED) is 0.0657. The topological polar surface area (TPSA) is 54.0 Å². The Labute approximate surface area is 261 Å². The van der Waals surface area contributed by atoms with E-state index in [0.717, 1.165) is 12.2 Å². The van der Waals surface area contributed by atoms with E-state index >= 15 is 0 Å². The fourth-order valence-electron chi connectivity index (χ4n) is 5.06. The summed E-state index contributed by atoms with van der Waals surface area (Å²) in [4.78, 5) is 15.1. The van der Waals surface area contributed by atoms with Crippen molar-refractivity contribution in [2.75, 3.05) is 26.4 Å². The number of hydrogen-bond acceptors (Lipinski definition) is 5. The molecule has 204 valence electrons. The minimum absolute atomic E-state index is 0.0445. The average molecular weight is 773 g/mol. The Hall–Kier alpha value is -2.25. The minimum Gasteiger partial charge on any atom is -0.457 e. The van der Waals surface area contributed by atoms with Crippen molar-refractivity contribution in [3.05, 3.63) is 92.1 Å². The van der Waals surface area contributed by atoms with Gasteiger partial charge in [0.05, 0.1) is 19.8 Å². The molecule has 5 nitrogen and oxygen atoms in total. The molecule has 0 bridgehead atoms. The van der Waals surface area contributed by atoms with Gasteiger partial charge in [0.15, 0.2) is 0 Å². The van der Waals surface area contributed by atoms with Crippen molar-refractivity contribution in [3.8, 4) is 22.4 Å². The molecule has 0 N–H and O–H groups in total. The molecule has 1 fully saturated rings. The molecule has 0 saturated carbocycles. The number of carbonyl (C=O) groups is 1. The number of fused-ring (bicyclic) bond motifs is 3. The maximum Gasteiger partial charge on any atom is 0.337 e. The van der Waals surface area contributed by atoms with Crippen LogP contribution in [0.15, 0.2) is 84.9 Å². The van der Waals surface area contributed by atoms with Gasteiger partial charge in [-0.05, 0) is 111 Å². The van der Waals surface area contributed by atoms with Gasteiger partial charge in [-0.25, -0.2) is 13.2 Å². The molecule has 0 unspecified atom stereocenters. The van der Waals surface area contributed by atoms with E-state index in [1.807, 2.05) is 12.1 Å². The second kappa shape index (κ2) is 11.9. The van der Waals surface area contributed by atoms with Gasteiger partial charge in [0.25, 0.3) is 0 Å². The maximum absolute atomic E-state index is 12.2. The second-order valence-electron chi connectivity index (χ2n) is 10.2. The molecule has 1 saturated heterocycles. The van der Waals surface area contributed by atoms with Crippen LogP contribution in [0.4, 0.5) is 0 Å². The van der Waals surface area contributed by atoms with Crippen LogP contribution in [-0.2, 0) is 14.3 Å². The van der Waals surface area contributed by atoms with Gasteiger partial charge < -0.3 is 18.9 Å². The number of ether oxygens (including phenoxy) is 4. The zero-order valence-electron chi connectivity index (χ0n) is 21.9. The smallest absolute Gasteiger partial charge is 0.337 e. The predicted molar refractivity (Wildman–Crippen MR) is 176 cm³/mol. The monoisotopic (exact) mass is 773 g/mol. The van der Waals surface area contributed by atoms with Gasteiger partial charge in [-0.2, -0.15) is 15.2 Å². The second-order valence-corrected chi connectivity index (χ2v) is 15.1. The number of benzene rings is 4. The third-order valence-electron chi connectivity index (χ3n) is 7.42. The summed E-state index contributed by atoms with van der Waals surface area (Å²) in [6.07, 6.45) is 0.967. The van der Waals surface area contributed by atoms with E-state index in [-0.39, 0.29) is 12.0 Å². The highest BCUT2D eigenvalue weighted by Gasteiger charge is 2.37. The van der Waals surface area contributed by atoms with Crippen LogP contribution < -0.4 is 9.47 Å². The predicted octanol–water partition coefficient (Wildman–Crippen LogP) is 8.08. The molecule has 0 radical (unpaired) electrons. The molecule has 8 heteroatoms. The van der Waals surface area contributed by atoms with Crippen molar-refractivity contribution in [2.45, 2.75) is 13.3 Å². The first-order valence-corrected chi connectivity index (χ1v) is 16.8. The van der Waals surface area contributed by atoms with Crippen LogP contribution >= 0.6 is 45.2 Å².